The SMILES string of the molecule is CC(C)c1cccc(C(C)C2CC2)c1OC(=O)NC=Cc1ccccc1. The molecule has 1 atom stereocenters. The van der Waals surface area contributed by atoms with Crippen LogP contribution >= 0.6 is 0 Å². The van der Waals surface area contributed by atoms with Crippen molar-refractivity contribution in [3.05, 3.63) is 71.4 Å². The molecule has 0 aliphatic heterocycles. The fourth-order valence-corrected chi connectivity index (χ4v) is 3.25. The fourth-order valence-electron chi connectivity index (χ4n) is 3.25. The molecule has 136 valence electrons. The first kappa shape index (κ1) is 18.2. The maximum Gasteiger partial charge on any atom is 0.416 e. The van der Waals surface area contributed by atoms with Crippen LogP contribution in [0.15, 0.2) is 54.7 Å². The highest BCUT2D eigenvalue weighted by Gasteiger charge is 2.32. The minimum atomic E-state index is -0.450. The zero-order valence-electron chi connectivity index (χ0n) is 15.7. The fraction of sp³-hybridized carbons (Fsp3) is 0.348. The van der Waals surface area contributed by atoms with E-state index < -0.39 is 6.09 Å². The lowest BCUT2D eigenvalue weighted by atomic mass is 9.90. The standard InChI is InChI=1S/C23H27NO2/c1-16(2)20-10-7-11-21(17(3)19-12-13-19)22(20)26-23(25)24-15-14-18-8-5-4-6-9-18/h4-11,14-17,19H,12-13H2,1-3H3,(H,24,25). The third-order valence-corrected chi connectivity index (χ3v) is 4.99. The number of rotatable bonds is 6. The summed E-state index contributed by atoms with van der Waals surface area (Å²) in [7, 11) is 0. The highest BCUT2D eigenvalue weighted by molar-refractivity contribution is 5.73. The number of carbonyl (C=O) groups is 1. The third-order valence-electron chi connectivity index (χ3n) is 4.99. The van der Waals surface area contributed by atoms with Crippen LogP contribution in [0.1, 0.15) is 62.1 Å². The molecule has 26 heavy (non-hydrogen) atoms. The summed E-state index contributed by atoms with van der Waals surface area (Å²) in [6.07, 6.45) is 5.55. The predicted molar refractivity (Wildman–Crippen MR) is 106 cm³/mol. The van der Waals surface area contributed by atoms with Gasteiger partial charge in [-0.15, -0.1) is 0 Å². The molecule has 1 aliphatic carbocycles. The lowest BCUT2D eigenvalue weighted by Gasteiger charge is -2.20. The molecule has 0 spiro atoms. The maximum atomic E-state index is 12.4. The van der Waals surface area contributed by atoms with Crippen molar-refractivity contribution in [2.75, 3.05) is 0 Å². The van der Waals surface area contributed by atoms with Crippen molar-refractivity contribution in [3.8, 4) is 5.75 Å². The zero-order chi connectivity index (χ0) is 18.5. The molecule has 3 rings (SSSR count). The monoisotopic (exact) mass is 349 g/mol. The molecule has 2 aromatic carbocycles. The Morgan fingerprint density at radius 2 is 1.73 bits per heavy atom. The second kappa shape index (κ2) is 8.22. The van der Waals surface area contributed by atoms with Gasteiger partial charge >= 0.3 is 6.09 Å². The molecule has 2 aromatic rings. The van der Waals surface area contributed by atoms with Crippen LogP contribution in [-0.2, 0) is 0 Å². The molecular weight excluding hydrogens is 322 g/mol. The summed E-state index contributed by atoms with van der Waals surface area (Å²) in [4.78, 5) is 12.4. The molecule has 1 saturated carbocycles. The Bertz CT molecular complexity index is 776. The molecule has 0 radical (unpaired) electrons. The number of hydrogen-bond acceptors (Lipinski definition) is 2. The lowest BCUT2D eigenvalue weighted by Crippen LogP contribution is -2.23. The normalized spacial score (nSPS) is 15.2. The number of benzene rings is 2. The molecule has 0 saturated heterocycles. The predicted octanol–water partition coefficient (Wildman–Crippen LogP) is 6.08. The van der Waals surface area contributed by atoms with E-state index in [9.17, 15) is 4.79 Å². The Morgan fingerprint density at radius 3 is 2.38 bits per heavy atom. The van der Waals surface area contributed by atoms with Gasteiger partial charge < -0.3 is 4.74 Å². The van der Waals surface area contributed by atoms with Gasteiger partial charge in [-0.1, -0.05) is 69.3 Å². The first-order valence-electron chi connectivity index (χ1n) is 9.39. The quantitative estimate of drug-likeness (QED) is 0.686. The van der Waals surface area contributed by atoms with Crippen molar-refractivity contribution >= 4 is 12.2 Å². The molecule has 3 heteroatoms. The van der Waals surface area contributed by atoms with Crippen molar-refractivity contribution in [2.45, 2.75) is 45.4 Å². The Morgan fingerprint density at radius 1 is 1.04 bits per heavy atom. The van der Waals surface area contributed by atoms with Gasteiger partial charge in [-0.05, 0) is 53.4 Å². The molecule has 1 amide bonds. The van der Waals surface area contributed by atoms with E-state index in [4.69, 9.17) is 4.74 Å². The third kappa shape index (κ3) is 4.54. The molecule has 1 aliphatic rings. The van der Waals surface area contributed by atoms with Gasteiger partial charge in [0.1, 0.15) is 5.75 Å². The number of ether oxygens (including phenoxy) is 1. The van der Waals surface area contributed by atoms with E-state index >= 15 is 0 Å². The van der Waals surface area contributed by atoms with Gasteiger partial charge in [0.05, 0.1) is 0 Å². The van der Waals surface area contributed by atoms with Crippen molar-refractivity contribution in [1.82, 2.24) is 5.32 Å². The van der Waals surface area contributed by atoms with E-state index in [0.29, 0.717) is 17.8 Å². The molecule has 3 nitrogen and oxygen atoms in total. The summed E-state index contributed by atoms with van der Waals surface area (Å²) >= 11 is 0. The van der Waals surface area contributed by atoms with Gasteiger partial charge in [-0.2, -0.15) is 0 Å². The van der Waals surface area contributed by atoms with Gasteiger partial charge in [0.2, 0.25) is 0 Å². The average molecular weight is 349 g/mol. The summed E-state index contributed by atoms with van der Waals surface area (Å²) < 4.78 is 5.77. The molecule has 1 unspecified atom stereocenters. The Hall–Kier alpha value is -2.55. The zero-order valence-corrected chi connectivity index (χ0v) is 15.7. The molecule has 1 N–H and O–H groups in total. The van der Waals surface area contributed by atoms with Crippen LogP contribution in [-0.4, -0.2) is 6.09 Å². The highest BCUT2D eigenvalue weighted by Crippen LogP contribution is 2.46. The molecule has 0 aromatic heterocycles. The summed E-state index contributed by atoms with van der Waals surface area (Å²) in [5, 5.41) is 2.72. The van der Waals surface area contributed by atoms with E-state index in [1.54, 1.807) is 6.20 Å². The Labute approximate surface area is 156 Å². The van der Waals surface area contributed by atoms with Gasteiger partial charge in [0.25, 0.3) is 0 Å². The van der Waals surface area contributed by atoms with Gasteiger partial charge in [0.15, 0.2) is 0 Å². The first-order chi connectivity index (χ1) is 12.6. The molecule has 0 heterocycles. The molecular formula is C23H27NO2. The second-order valence-electron chi connectivity index (χ2n) is 7.32. The minimum Gasteiger partial charge on any atom is -0.410 e. The Kier molecular flexibility index (Phi) is 5.77. The first-order valence-corrected chi connectivity index (χ1v) is 9.39. The molecule has 1 fully saturated rings. The second-order valence-corrected chi connectivity index (χ2v) is 7.32. The number of para-hydroxylation sites is 1. The van der Waals surface area contributed by atoms with Crippen LogP contribution in [0.5, 0.6) is 5.75 Å². The average Bonchev–Trinajstić information content (AvgIpc) is 3.47. The summed E-state index contributed by atoms with van der Waals surface area (Å²) in [6.45, 7) is 6.49. The van der Waals surface area contributed by atoms with Crippen LogP contribution in [0, 0.1) is 5.92 Å². The van der Waals surface area contributed by atoms with E-state index in [1.165, 1.54) is 12.8 Å². The van der Waals surface area contributed by atoms with Gasteiger partial charge in [-0.3, -0.25) is 5.32 Å². The van der Waals surface area contributed by atoms with Crippen LogP contribution < -0.4 is 10.1 Å². The van der Waals surface area contributed by atoms with E-state index in [2.05, 4.69) is 44.3 Å². The number of hydrogen-bond donors (Lipinski definition) is 1. The van der Waals surface area contributed by atoms with E-state index in [0.717, 1.165) is 22.4 Å². The molecule has 0 bridgehead atoms. The summed E-state index contributed by atoms with van der Waals surface area (Å²) in [6, 6.07) is 16.1. The smallest absolute Gasteiger partial charge is 0.410 e. The lowest BCUT2D eigenvalue weighted by molar-refractivity contribution is 0.203. The highest BCUT2D eigenvalue weighted by atomic mass is 16.6. The topological polar surface area (TPSA) is 38.3 Å². The summed E-state index contributed by atoms with van der Waals surface area (Å²) in [5.41, 5.74) is 3.25. The van der Waals surface area contributed by atoms with Crippen LogP contribution in [0.4, 0.5) is 4.79 Å². The van der Waals surface area contributed by atoms with Crippen LogP contribution in [0.25, 0.3) is 6.08 Å². The maximum absolute atomic E-state index is 12.4. The van der Waals surface area contributed by atoms with Crippen molar-refractivity contribution in [3.63, 3.8) is 0 Å². The number of nitrogens with one attached hydrogen (secondary N) is 1. The number of amides is 1. The van der Waals surface area contributed by atoms with Crippen molar-refractivity contribution in [1.29, 1.82) is 0 Å². The number of carbonyl (C=O) groups excluding carboxylic acids is 1. The van der Waals surface area contributed by atoms with Crippen molar-refractivity contribution in [2.24, 2.45) is 5.92 Å². The largest absolute Gasteiger partial charge is 0.416 e. The Balaban J connectivity index is 1.74. The van der Waals surface area contributed by atoms with E-state index in [-0.39, 0.29) is 0 Å². The van der Waals surface area contributed by atoms with E-state index in [1.807, 2.05) is 36.4 Å². The summed E-state index contributed by atoms with van der Waals surface area (Å²) in [5.74, 6) is 2.15. The van der Waals surface area contributed by atoms with Crippen LogP contribution in [0.3, 0.4) is 0 Å². The van der Waals surface area contributed by atoms with Gasteiger partial charge in [-0.25, -0.2) is 4.79 Å². The minimum absolute atomic E-state index is 0.295. The van der Waals surface area contributed by atoms with Gasteiger partial charge in [0, 0.05) is 6.20 Å². The van der Waals surface area contributed by atoms with Crippen molar-refractivity contribution < 1.29 is 9.53 Å². The van der Waals surface area contributed by atoms with Crippen LogP contribution in [0.2, 0.25) is 0 Å².